The molecule has 1 amide bonds. The zero-order chi connectivity index (χ0) is 14.7. The Hall–Kier alpha value is -0.910. The number of benzene rings is 1. The van der Waals surface area contributed by atoms with Gasteiger partial charge in [0.2, 0.25) is 5.91 Å². The van der Waals surface area contributed by atoms with Crippen molar-refractivity contribution in [1.29, 1.82) is 0 Å². The molecule has 1 saturated heterocycles. The van der Waals surface area contributed by atoms with Crippen LogP contribution in [0.15, 0.2) is 24.3 Å². The Kier molecular flexibility index (Phi) is 5.18. The largest absolute Gasteiger partial charge is 0.321 e. The molecule has 1 aliphatic rings. The number of carbonyl (C=O) groups excluding carboxylic acids is 1. The highest BCUT2D eigenvalue weighted by atomic mass is 35.5. The molecular formula is C14H19ClN2O2S. The van der Waals surface area contributed by atoms with Crippen LogP contribution in [-0.4, -0.2) is 39.1 Å². The molecule has 3 atom stereocenters. The van der Waals surface area contributed by atoms with Crippen LogP contribution in [0.1, 0.15) is 25.6 Å². The lowest BCUT2D eigenvalue weighted by molar-refractivity contribution is -0.129. The molecule has 1 fully saturated rings. The Morgan fingerprint density at radius 3 is 2.60 bits per heavy atom. The fourth-order valence-electron chi connectivity index (χ4n) is 2.28. The summed E-state index contributed by atoms with van der Waals surface area (Å²) < 4.78 is 11.6. The molecule has 0 aromatic heterocycles. The van der Waals surface area contributed by atoms with Gasteiger partial charge in [0.1, 0.15) is 6.17 Å². The lowest BCUT2D eigenvalue weighted by Crippen LogP contribution is -2.34. The minimum absolute atomic E-state index is 0.0538. The smallest absolute Gasteiger partial charge is 0.241 e. The molecule has 0 radical (unpaired) electrons. The SMILES string of the molecule is CCS(=O)CCN1C(=O)C(C)NC1c1ccc(Cl)cc1. The maximum absolute atomic E-state index is 12.2. The third-order valence-corrected chi connectivity index (χ3v) is 4.97. The summed E-state index contributed by atoms with van der Waals surface area (Å²) in [4.78, 5) is 14.0. The second-order valence-electron chi connectivity index (χ2n) is 4.81. The van der Waals surface area contributed by atoms with Gasteiger partial charge in [-0.05, 0) is 24.6 Å². The Balaban J connectivity index is 2.15. The molecule has 1 aromatic carbocycles. The van der Waals surface area contributed by atoms with Gasteiger partial charge in [0.25, 0.3) is 0 Å². The molecule has 0 saturated carbocycles. The normalized spacial score (nSPS) is 24.1. The van der Waals surface area contributed by atoms with Gasteiger partial charge < -0.3 is 4.90 Å². The van der Waals surface area contributed by atoms with Crippen LogP contribution in [-0.2, 0) is 15.6 Å². The molecule has 110 valence electrons. The lowest BCUT2D eigenvalue weighted by atomic mass is 10.1. The van der Waals surface area contributed by atoms with Crippen LogP contribution in [0.3, 0.4) is 0 Å². The molecule has 3 unspecified atom stereocenters. The number of rotatable bonds is 5. The first kappa shape index (κ1) is 15.5. The molecule has 20 heavy (non-hydrogen) atoms. The standard InChI is InChI=1S/C14H19ClN2O2S/c1-3-20(19)9-8-17-13(16-10(2)14(17)18)11-4-6-12(15)7-5-11/h4-7,10,13,16H,3,8-9H2,1-2H3. The topological polar surface area (TPSA) is 49.4 Å². The van der Waals surface area contributed by atoms with E-state index in [9.17, 15) is 9.00 Å². The summed E-state index contributed by atoms with van der Waals surface area (Å²) >= 11 is 5.89. The van der Waals surface area contributed by atoms with Crippen molar-refractivity contribution in [2.24, 2.45) is 0 Å². The Bertz CT molecular complexity index is 506. The summed E-state index contributed by atoms with van der Waals surface area (Å²) in [6.07, 6.45) is -0.163. The average molecular weight is 315 g/mol. The van der Waals surface area contributed by atoms with Crippen molar-refractivity contribution in [2.45, 2.75) is 26.1 Å². The molecule has 1 aromatic rings. The van der Waals surface area contributed by atoms with Gasteiger partial charge in [0, 0.05) is 33.9 Å². The quantitative estimate of drug-likeness (QED) is 0.903. The van der Waals surface area contributed by atoms with Gasteiger partial charge in [0.05, 0.1) is 6.04 Å². The lowest BCUT2D eigenvalue weighted by Gasteiger charge is -2.24. The van der Waals surface area contributed by atoms with Crippen LogP contribution in [0.5, 0.6) is 0 Å². The molecule has 6 heteroatoms. The van der Waals surface area contributed by atoms with Gasteiger partial charge in [-0.15, -0.1) is 0 Å². The summed E-state index contributed by atoms with van der Waals surface area (Å²) in [5.41, 5.74) is 0.995. The molecule has 2 rings (SSSR count). The minimum atomic E-state index is -0.867. The van der Waals surface area contributed by atoms with E-state index in [1.165, 1.54) is 0 Å². The van der Waals surface area contributed by atoms with Gasteiger partial charge in [-0.1, -0.05) is 30.7 Å². The van der Waals surface area contributed by atoms with Gasteiger partial charge in [-0.25, -0.2) is 0 Å². The van der Waals surface area contributed by atoms with Gasteiger partial charge in [-0.2, -0.15) is 0 Å². The Morgan fingerprint density at radius 2 is 2.00 bits per heavy atom. The van der Waals surface area contributed by atoms with Crippen LogP contribution >= 0.6 is 11.6 Å². The van der Waals surface area contributed by atoms with E-state index in [2.05, 4.69) is 5.32 Å². The Morgan fingerprint density at radius 1 is 1.35 bits per heavy atom. The van der Waals surface area contributed by atoms with Crippen molar-refractivity contribution in [3.05, 3.63) is 34.9 Å². The zero-order valence-electron chi connectivity index (χ0n) is 11.6. The summed E-state index contributed by atoms with van der Waals surface area (Å²) in [5.74, 6) is 1.19. The van der Waals surface area contributed by atoms with E-state index >= 15 is 0 Å². The van der Waals surface area contributed by atoms with E-state index in [4.69, 9.17) is 11.6 Å². The van der Waals surface area contributed by atoms with Crippen LogP contribution in [0.25, 0.3) is 0 Å². The van der Waals surface area contributed by atoms with Gasteiger partial charge in [-0.3, -0.25) is 14.3 Å². The summed E-state index contributed by atoms with van der Waals surface area (Å²) in [6.45, 7) is 4.24. The highest BCUT2D eigenvalue weighted by Crippen LogP contribution is 2.26. The molecule has 4 nitrogen and oxygen atoms in total. The third-order valence-electron chi connectivity index (χ3n) is 3.44. The monoisotopic (exact) mass is 314 g/mol. The Labute approximate surface area is 126 Å². The number of amides is 1. The maximum atomic E-state index is 12.2. The van der Waals surface area contributed by atoms with Crippen molar-refractivity contribution in [1.82, 2.24) is 10.2 Å². The third kappa shape index (κ3) is 3.40. The van der Waals surface area contributed by atoms with Crippen molar-refractivity contribution in [2.75, 3.05) is 18.1 Å². The number of hydrogen-bond acceptors (Lipinski definition) is 3. The number of nitrogens with one attached hydrogen (secondary N) is 1. The van der Waals surface area contributed by atoms with Crippen molar-refractivity contribution >= 4 is 28.3 Å². The number of halogens is 1. The van der Waals surface area contributed by atoms with E-state index in [0.717, 1.165) is 5.56 Å². The van der Waals surface area contributed by atoms with Crippen molar-refractivity contribution in [3.8, 4) is 0 Å². The van der Waals surface area contributed by atoms with E-state index in [-0.39, 0.29) is 18.1 Å². The van der Waals surface area contributed by atoms with Gasteiger partial charge >= 0.3 is 0 Å². The predicted octanol–water partition coefficient (Wildman–Crippen LogP) is 1.93. The second kappa shape index (κ2) is 6.70. The summed E-state index contributed by atoms with van der Waals surface area (Å²) in [6, 6.07) is 7.23. The van der Waals surface area contributed by atoms with Crippen molar-refractivity contribution in [3.63, 3.8) is 0 Å². The van der Waals surface area contributed by atoms with E-state index in [0.29, 0.717) is 23.1 Å². The van der Waals surface area contributed by atoms with Crippen molar-refractivity contribution < 1.29 is 9.00 Å². The van der Waals surface area contributed by atoms with Crippen LogP contribution in [0.4, 0.5) is 0 Å². The minimum Gasteiger partial charge on any atom is -0.321 e. The van der Waals surface area contributed by atoms with Crippen LogP contribution in [0, 0.1) is 0 Å². The van der Waals surface area contributed by atoms with E-state index < -0.39 is 10.8 Å². The first-order valence-corrected chi connectivity index (χ1v) is 8.56. The van der Waals surface area contributed by atoms with Crippen LogP contribution in [0.2, 0.25) is 5.02 Å². The molecule has 0 aliphatic carbocycles. The number of hydrogen-bond donors (Lipinski definition) is 1. The highest BCUT2D eigenvalue weighted by molar-refractivity contribution is 7.84. The summed E-state index contributed by atoms with van der Waals surface area (Å²) in [7, 11) is -0.867. The molecular weight excluding hydrogens is 296 g/mol. The fourth-order valence-corrected chi connectivity index (χ4v) is 3.09. The average Bonchev–Trinajstić information content (AvgIpc) is 2.73. The van der Waals surface area contributed by atoms with Crippen LogP contribution < -0.4 is 5.32 Å². The second-order valence-corrected chi connectivity index (χ2v) is 7.11. The fraction of sp³-hybridized carbons (Fsp3) is 0.500. The van der Waals surface area contributed by atoms with Gasteiger partial charge in [0.15, 0.2) is 0 Å². The molecule has 1 heterocycles. The molecule has 1 aliphatic heterocycles. The van der Waals surface area contributed by atoms with E-state index in [1.807, 2.05) is 38.1 Å². The summed E-state index contributed by atoms with van der Waals surface area (Å²) in [5, 5.41) is 3.94. The molecule has 0 bridgehead atoms. The highest BCUT2D eigenvalue weighted by Gasteiger charge is 2.36. The predicted molar refractivity (Wildman–Crippen MR) is 82.1 cm³/mol. The maximum Gasteiger partial charge on any atom is 0.241 e. The number of carbonyl (C=O) groups is 1. The van der Waals surface area contributed by atoms with E-state index in [1.54, 1.807) is 4.90 Å². The first-order valence-electron chi connectivity index (χ1n) is 6.70. The number of nitrogens with zero attached hydrogens (tertiary/aromatic N) is 1. The molecule has 1 N–H and O–H groups in total. The molecule has 0 spiro atoms. The zero-order valence-corrected chi connectivity index (χ0v) is 13.2. The first-order chi connectivity index (χ1) is 9.52.